The van der Waals surface area contributed by atoms with Crippen molar-refractivity contribution in [2.45, 2.75) is 19.9 Å². The van der Waals surface area contributed by atoms with Gasteiger partial charge in [-0.1, -0.05) is 17.7 Å². The van der Waals surface area contributed by atoms with Gasteiger partial charge in [0, 0.05) is 17.6 Å². The highest BCUT2D eigenvalue weighted by molar-refractivity contribution is 6.30. The van der Waals surface area contributed by atoms with Crippen LogP contribution in [0, 0.1) is 0 Å². The van der Waals surface area contributed by atoms with E-state index in [0.29, 0.717) is 18.2 Å². The Morgan fingerprint density at radius 2 is 2.22 bits per heavy atom. The summed E-state index contributed by atoms with van der Waals surface area (Å²) in [7, 11) is 0. The summed E-state index contributed by atoms with van der Waals surface area (Å²) in [6, 6.07) is 7.48. The van der Waals surface area contributed by atoms with E-state index in [0.717, 1.165) is 5.75 Å². The maximum absolute atomic E-state index is 10.9. The van der Waals surface area contributed by atoms with Crippen molar-refractivity contribution in [3.8, 4) is 5.75 Å². The summed E-state index contributed by atoms with van der Waals surface area (Å²) < 4.78 is 5.57. The van der Waals surface area contributed by atoms with Crippen molar-refractivity contribution in [3.63, 3.8) is 0 Å². The number of ether oxygens (including phenoxy) is 1. The molecule has 0 radical (unpaired) electrons. The summed E-state index contributed by atoms with van der Waals surface area (Å²) in [6.45, 7) is 5.42. The van der Waals surface area contributed by atoms with Crippen LogP contribution >= 0.6 is 11.6 Å². The van der Waals surface area contributed by atoms with Gasteiger partial charge in [-0.3, -0.25) is 9.69 Å². The molecule has 100 valence electrons. The second-order valence-corrected chi connectivity index (χ2v) is 4.77. The lowest BCUT2D eigenvalue weighted by Gasteiger charge is -2.24. The molecule has 0 aliphatic rings. The number of benzene rings is 1. The highest BCUT2D eigenvalue weighted by Gasteiger charge is 2.11. The second kappa shape index (κ2) is 7.24. The van der Waals surface area contributed by atoms with Crippen molar-refractivity contribution < 1.29 is 9.53 Å². The molecule has 0 saturated heterocycles. The maximum atomic E-state index is 10.9. The summed E-state index contributed by atoms with van der Waals surface area (Å²) in [5.74, 6) is 0.400. The number of carbonyl (C=O) groups is 1. The molecule has 1 amide bonds. The smallest absolute Gasteiger partial charge is 0.231 e. The summed E-state index contributed by atoms with van der Waals surface area (Å²) in [5, 5.41) is 0.644. The number of nitrogens with zero attached hydrogens (tertiary/aromatic N) is 1. The van der Waals surface area contributed by atoms with E-state index < -0.39 is 0 Å². The van der Waals surface area contributed by atoms with Crippen molar-refractivity contribution in [3.05, 3.63) is 29.3 Å². The predicted octanol–water partition coefficient (Wildman–Crippen LogP) is 1.91. The molecule has 1 aromatic rings. The van der Waals surface area contributed by atoms with Crippen molar-refractivity contribution >= 4 is 17.5 Å². The molecule has 0 fully saturated rings. The first-order chi connectivity index (χ1) is 8.49. The van der Waals surface area contributed by atoms with Crippen molar-refractivity contribution in [1.82, 2.24) is 4.90 Å². The third kappa shape index (κ3) is 5.38. The lowest BCUT2D eigenvalue weighted by molar-refractivity contribution is -0.119. The molecule has 4 nitrogen and oxygen atoms in total. The summed E-state index contributed by atoms with van der Waals surface area (Å²) in [5.41, 5.74) is 5.19. The van der Waals surface area contributed by atoms with Crippen LogP contribution in [0.15, 0.2) is 24.3 Å². The number of halogens is 1. The lowest BCUT2D eigenvalue weighted by Crippen LogP contribution is -2.40. The molecule has 18 heavy (non-hydrogen) atoms. The molecular weight excluding hydrogens is 252 g/mol. The number of primary amides is 1. The van der Waals surface area contributed by atoms with E-state index in [1.54, 1.807) is 12.1 Å². The van der Waals surface area contributed by atoms with Crippen molar-refractivity contribution in [1.29, 1.82) is 0 Å². The zero-order valence-electron chi connectivity index (χ0n) is 10.7. The van der Waals surface area contributed by atoms with Crippen LogP contribution in [0.1, 0.15) is 13.8 Å². The lowest BCUT2D eigenvalue weighted by atomic mass is 10.3. The predicted molar refractivity (Wildman–Crippen MR) is 72.9 cm³/mol. The number of hydrogen-bond acceptors (Lipinski definition) is 3. The maximum Gasteiger partial charge on any atom is 0.231 e. The first-order valence-electron chi connectivity index (χ1n) is 5.89. The van der Waals surface area contributed by atoms with Crippen LogP contribution in [0.5, 0.6) is 5.75 Å². The van der Waals surface area contributed by atoms with Gasteiger partial charge in [0.2, 0.25) is 5.91 Å². The topological polar surface area (TPSA) is 55.6 Å². The fraction of sp³-hybridized carbons (Fsp3) is 0.462. The van der Waals surface area contributed by atoms with Gasteiger partial charge < -0.3 is 10.5 Å². The van der Waals surface area contributed by atoms with Crippen LogP contribution in [0.3, 0.4) is 0 Å². The molecule has 0 aromatic heterocycles. The van der Waals surface area contributed by atoms with Gasteiger partial charge in [0.15, 0.2) is 0 Å². The Kier molecular flexibility index (Phi) is 5.95. The molecule has 0 spiro atoms. The van der Waals surface area contributed by atoms with Crippen molar-refractivity contribution in [2.75, 3.05) is 19.7 Å². The third-order valence-electron chi connectivity index (χ3n) is 2.53. The summed E-state index contributed by atoms with van der Waals surface area (Å²) in [4.78, 5) is 12.9. The Morgan fingerprint density at radius 3 is 2.78 bits per heavy atom. The van der Waals surface area contributed by atoms with Gasteiger partial charge in [0.25, 0.3) is 0 Å². The van der Waals surface area contributed by atoms with Gasteiger partial charge in [0.1, 0.15) is 12.4 Å². The van der Waals surface area contributed by atoms with E-state index in [2.05, 4.69) is 0 Å². The third-order valence-corrected chi connectivity index (χ3v) is 2.77. The monoisotopic (exact) mass is 270 g/mol. The SMILES string of the molecule is CC(C)N(CCOc1cccc(Cl)c1)CC(N)=O. The number of carbonyl (C=O) groups excluding carboxylic acids is 1. The minimum atomic E-state index is -0.327. The molecule has 0 aliphatic carbocycles. The van der Waals surface area contributed by atoms with Crippen molar-refractivity contribution in [2.24, 2.45) is 5.73 Å². The largest absolute Gasteiger partial charge is 0.492 e. The molecule has 1 rings (SSSR count). The molecule has 0 heterocycles. The summed E-state index contributed by atoms with van der Waals surface area (Å²) >= 11 is 5.85. The van der Waals surface area contributed by atoms with Crippen LogP contribution in [0.2, 0.25) is 5.02 Å². The number of rotatable bonds is 7. The first kappa shape index (κ1) is 14.8. The highest BCUT2D eigenvalue weighted by Crippen LogP contribution is 2.16. The normalized spacial score (nSPS) is 10.9. The van der Waals surface area contributed by atoms with E-state index in [-0.39, 0.29) is 18.5 Å². The molecule has 2 N–H and O–H groups in total. The Bertz CT molecular complexity index is 396. The standard InChI is InChI=1S/C13H19ClN2O2/c1-10(2)16(9-13(15)17)6-7-18-12-5-3-4-11(14)8-12/h3-5,8,10H,6-7,9H2,1-2H3,(H2,15,17). The van der Waals surface area contributed by atoms with Crippen LogP contribution in [0.4, 0.5) is 0 Å². The molecule has 0 aliphatic heterocycles. The first-order valence-corrected chi connectivity index (χ1v) is 6.27. The Morgan fingerprint density at radius 1 is 1.50 bits per heavy atom. The average molecular weight is 271 g/mol. The van der Waals surface area contributed by atoms with E-state index in [4.69, 9.17) is 22.1 Å². The Labute approximate surface area is 113 Å². The molecule has 0 bridgehead atoms. The van der Waals surface area contributed by atoms with Gasteiger partial charge in [-0.25, -0.2) is 0 Å². The molecular formula is C13H19ClN2O2. The average Bonchev–Trinajstić information content (AvgIpc) is 2.27. The van der Waals surface area contributed by atoms with E-state index >= 15 is 0 Å². The zero-order chi connectivity index (χ0) is 13.5. The minimum Gasteiger partial charge on any atom is -0.492 e. The fourth-order valence-electron chi connectivity index (χ4n) is 1.56. The Hall–Kier alpha value is -1.26. The number of nitrogens with two attached hydrogens (primary N) is 1. The molecule has 0 saturated carbocycles. The highest BCUT2D eigenvalue weighted by atomic mass is 35.5. The van der Waals surface area contributed by atoms with Gasteiger partial charge in [-0.2, -0.15) is 0 Å². The molecule has 0 unspecified atom stereocenters. The van der Waals surface area contributed by atoms with Crippen LogP contribution in [-0.4, -0.2) is 36.5 Å². The van der Waals surface area contributed by atoms with E-state index in [1.165, 1.54) is 0 Å². The quantitative estimate of drug-likeness (QED) is 0.823. The summed E-state index contributed by atoms with van der Waals surface area (Å²) in [6.07, 6.45) is 0. The number of amides is 1. The molecule has 1 aromatic carbocycles. The van der Waals surface area contributed by atoms with Crippen LogP contribution < -0.4 is 10.5 Å². The minimum absolute atomic E-state index is 0.247. The number of hydrogen-bond donors (Lipinski definition) is 1. The van der Waals surface area contributed by atoms with Gasteiger partial charge >= 0.3 is 0 Å². The van der Waals surface area contributed by atoms with E-state index in [9.17, 15) is 4.79 Å². The van der Waals surface area contributed by atoms with Crippen LogP contribution in [-0.2, 0) is 4.79 Å². The Balaban J connectivity index is 2.41. The van der Waals surface area contributed by atoms with Gasteiger partial charge in [-0.15, -0.1) is 0 Å². The van der Waals surface area contributed by atoms with E-state index in [1.807, 2.05) is 30.9 Å². The van der Waals surface area contributed by atoms with Gasteiger partial charge in [0.05, 0.1) is 6.54 Å². The second-order valence-electron chi connectivity index (χ2n) is 4.34. The zero-order valence-corrected chi connectivity index (χ0v) is 11.5. The van der Waals surface area contributed by atoms with Gasteiger partial charge in [-0.05, 0) is 32.0 Å². The molecule has 0 atom stereocenters. The molecule has 5 heteroatoms. The fourth-order valence-corrected chi connectivity index (χ4v) is 1.74. The van der Waals surface area contributed by atoms with Crippen LogP contribution in [0.25, 0.3) is 0 Å².